The molecule has 1 unspecified atom stereocenters. The van der Waals surface area contributed by atoms with Crippen molar-refractivity contribution in [3.8, 4) is 0 Å². The normalized spacial score (nSPS) is 24.9. The Labute approximate surface area is 132 Å². The number of nitrogens with two attached hydrogens (primary N) is 1. The van der Waals surface area contributed by atoms with Crippen LogP contribution in [0.2, 0.25) is 10.0 Å². The molecule has 1 fully saturated rings. The van der Waals surface area contributed by atoms with Gasteiger partial charge in [-0.05, 0) is 50.8 Å². The van der Waals surface area contributed by atoms with Crippen molar-refractivity contribution in [2.45, 2.75) is 44.7 Å². The van der Waals surface area contributed by atoms with Crippen molar-refractivity contribution in [2.24, 2.45) is 11.7 Å². The second-order valence-electron chi connectivity index (χ2n) is 5.97. The second-order valence-corrected chi connectivity index (χ2v) is 6.78. The fraction of sp³-hybridized carbons (Fsp3) is 0.625. The van der Waals surface area contributed by atoms with Crippen LogP contribution in [0.3, 0.4) is 0 Å². The van der Waals surface area contributed by atoms with Crippen LogP contribution in [-0.2, 0) is 0 Å². The Balaban J connectivity index is 2.19. The van der Waals surface area contributed by atoms with Gasteiger partial charge in [0.15, 0.2) is 0 Å². The molecule has 1 aromatic rings. The summed E-state index contributed by atoms with van der Waals surface area (Å²) in [7, 11) is 2.15. The number of hydrogen-bond donors (Lipinski definition) is 1. The van der Waals surface area contributed by atoms with Gasteiger partial charge in [-0.15, -0.1) is 0 Å². The molecule has 0 saturated heterocycles. The van der Waals surface area contributed by atoms with E-state index in [4.69, 9.17) is 28.9 Å². The highest BCUT2D eigenvalue weighted by molar-refractivity contribution is 6.36. The Hall–Kier alpha value is -0.280. The third-order valence-corrected chi connectivity index (χ3v) is 5.27. The van der Waals surface area contributed by atoms with Crippen molar-refractivity contribution < 1.29 is 0 Å². The van der Waals surface area contributed by atoms with Crippen molar-refractivity contribution in [2.75, 3.05) is 13.6 Å². The van der Waals surface area contributed by atoms with Gasteiger partial charge >= 0.3 is 0 Å². The molecule has 2 N–H and O–H groups in total. The predicted octanol–water partition coefficient (Wildman–Crippen LogP) is 4.50. The zero-order chi connectivity index (χ0) is 14.7. The minimum atomic E-state index is 0.0922. The summed E-state index contributed by atoms with van der Waals surface area (Å²) < 4.78 is 0. The summed E-state index contributed by atoms with van der Waals surface area (Å²) in [6, 6.07) is 6.33. The van der Waals surface area contributed by atoms with Gasteiger partial charge < -0.3 is 5.73 Å². The van der Waals surface area contributed by atoms with Crippen molar-refractivity contribution in [3.63, 3.8) is 0 Å². The van der Waals surface area contributed by atoms with E-state index in [1.165, 1.54) is 25.7 Å². The molecule has 4 heteroatoms. The molecule has 1 atom stereocenters. The molecular formula is C16H24Cl2N2. The van der Waals surface area contributed by atoms with Crippen LogP contribution in [0.25, 0.3) is 0 Å². The van der Waals surface area contributed by atoms with Gasteiger partial charge in [0, 0.05) is 34.2 Å². The highest BCUT2D eigenvalue weighted by Crippen LogP contribution is 2.36. The van der Waals surface area contributed by atoms with Crippen LogP contribution in [0, 0.1) is 5.92 Å². The van der Waals surface area contributed by atoms with Crippen LogP contribution in [-0.4, -0.2) is 24.5 Å². The Bertz CT molecular complexity index is 422. The highest BCUT2D eigenvalue weighted by Gasteiger charge is 2.28. The molecule has 1 aliphatic carbocycles. The van der Waals surface area contributed by atoms with E-state index in [0.29, 0.717) is 22.6 Å². The van der Waals surface area contributed by atoms with E-state index in [0.717, 1.165) is 11.5 Å². The number of hydrogen-bond acceptors (Lipinski definition) is 2. The van der Waals surface area contributed by atoms with Crippen LogP contribution in [0.1, 0.15) is 44.2 Å². The Kier molecular flexibility index (Phi) is 5.74. The van der Waals surface area contributed by atoms with Gasteiger partial charge in [0.05, 0.1) is 0 Å². The van der Waals surface area contributed by atoms with Crippen LogP contribution in [0.5, 0.6) is 0 Å². The lowest BCUT2D eigenvalue weighted by molar-refractivity contribution is 0.126. The average Bonchev–Trinajstić information content (AvgIpc) is 2.43. The van der Waals surface area contributed by atoms with Gasteiger partial charge in [-0.2, -0.15) is 0 Å². The Morgan fingerprint density at radius 1 is 1.20 bits per heavy atom. The molecule has 0 aromatic heterocycles. The van der Waals surface area contributed by atoms with Crippen molar-refractivity contribution in [1.29, 1.82) is 0 Å². The van der Waals surface area contributed by atoms with Gasteiger partial charge in [-0.1, -0.05) is 36.2 Å². The zero-order valence-electron chi connectivity index (χ0n) is 12.3. The van der Waals surface area contributed by atoms with Crippen molar-refractivity contribution >= 4 is 23.2 Å². The summed E-state index contributed by atoms with van der Waals surface area (Å²) in [5.41, 5.74) is 6.99. The molecule has 0 heterocycles. The fourth-order valence-electron chi connectivity index (χ4n) is 3.22. The lowest BCUT2D eigenvalue weighted by Gasteiger charge is -2.39. The smallest absolute Gasteiger partial charge is 0.0499 e. The maximum atomic E-state index is 6.34. The summed E-state index contributed by atoms with van der Waals surface area (Å²) in [6.07, 6.45) is 5.05. The lowest BCUT2D eigenvalue weighted by atomic mass is 9.86. The van der Waals surface area contributed by atoms with Gasteiger partial charge in [0.1, 0.15) is 0 Å². The van der Waals surface area contributed by atoms with E-state index < -0.39 is 0 Å². The molecule has 1 saturated carbocycles. The van der Waals surface area contributed by atoms with Gasteiger partial charge in [-0.25, -0.2) is 0 Å². The van der Waals surface area contributed by atoms with Crippen LogP contribution in [0.4, 0.5) is 0 Å². The number of likely N-dealkylation sites (N-methyl/N-ethyl adjacent to an activating group) is 1. The molecule has 1 aliphatic rings. The van der Waals surface area contributed by atoms with Gasteiger partial charge in [0.25, 0.3) is 0 Å². The van der Waals surface area contributed by atoms with E-state index in [1.807, 2.05) is 18.2 Å². The topological polar surface area (TPSA) is 29.3 Å². The molecule has 2 rings (SSSR count). The molecular weight excluding hydrogens is 291 g/mol. The third-order valence-electron chi connectivity index (χ3n) is 4.61. The zero-order valence-corrected chi connectivity index (χ0v) is 13.8. The minimum absolute atomic E-state index is 0.0922. The predicted molar refractivity (Wildman–Crippen MR) is 87.4 cm³/mol. The van der Waals surface area contributed by atoms with Crippen LogP contribution >= 0.6 is 23.2 Å². The quantitative estimate of drug-likeness (QED) is 0.886. The summed E-state index contributed by atoms with van der Waals surface area (Å²) in [5.74, 6) is 0.847. The van der Waals surface area contributed by atoms with Crippen LogP contribution in [0.15, 0.2) is 18.2 Å². The largest absolute Gasteiger partial charge is 0.329 e. The van der Waals surface area contributed by atoms with Gasteiger partial charge in [0.2, 0.25) is 0 Å². The molecule has 0 bridgehead atoms. The molecule has 0 radical (unpaired) electrons. The third kappa shape index (κ3) is 3.48. The molecule has 20 heavy (non-hydrogen) atoms. The monoisotopic (exact) mass is 314 g/mol. The molecule has 112 valence electrons. The first kappa shape index (κ1) is 16.1. The SMILES string of the molecule is CC1CCC(N(C)C(CN)c2c(Cl)cccc2Cl)CC1. The van der Waals surface area contributed by atoms with Crippen molar-refractivity contribution in [3.05, 3.63) is 33.8 Å². The summed E-state index contributed by atoms with van der Waals surface area (Å²) in [6.45, 7) is 2.87. The summed E-state index contributed by atoms with van der Waals surface area (Å²) >= 11 is 12.7. The van der Waals surface area contributed by atoms with Crippen LogP contribution < -0.4 is 5.73 Å². The second kappa shape index (κ2) is 7.13. The van der Waals surface area contributed by atoms with Gasteiger partial charge in [-0.3, -0.25) is 4.90 Å². The standard InChI is InChI=1S/C16H24Cl2N2/c1-11-6-8-12(9-7-11)20(2)15(10-19)16-13(17)4-3-5-14(16)18/h3-5,11-12,15H,6-10,19H2,1-2H3. The molecule has 0 amide bonds. The van der Waals surface area contributed by atoms with E-state index in [1.54, 1.807) is 0 Å². The Morgan fingerprint density at radius 3 is 2.25 bits per heavy atom. The first-order chi connectivity index (χ1) is 9.54. The first-order valence-corrected chi connectivity index (χ1v) is 8.16. The summed E-state index contributed by atoms with van der Waals surface area (Å²) in [4.78, 5) is 2.37. The minimum Gasteiger partial charge on any atom is -0.329 e. The highest BCUT2D eigenvalue weighted by atomic mass is 35.5. The van der Waals surface area contributed by atoms with Crippen molar-refractivity contribution in [1.82, 2.24) is 4.90 Å². The summed E-state index contributed by atoms with van der Waals surface area (Å²) in [5, 5.41) is 1.42. The number of benzene rings is 1. The molecule has 1 aromatic carbocycles. The number of nitrogens with zero attached hydrogens (tertiary/aromatic N) is 1. The maximum Gasteiger partial charge on any atom is 0.0499 e. The van der Waals surface area contributed by atoms with E-state index in [2.05, 4.69) is 18.9 Å². The molecule has 0 spiro atoms. The number of halogens is 2. The number of rotatable bonds is 4. The van der Waals surface area contributed by atoms with E-state index >= 15 is 0 Å². The van der Waals surface area contributed by atoms with E-state index in [-0.39, 0.29) is 6.04 Å². The maximum absolute atomic E-state index is 6.34. The molecule has 0 aliphatic heterocycles. The Morgan fingerprint density at radius 2 is 1.75 bits per heavy atom. The first-order valence-electron chi connectivity index (χ1n) is 7.40. The van der Waals surface area contributed by atoms with E-state index in [9.17, 15) is 0 Å². The fourth-order valence-corrected chi connectivity index (χ4v) is 3.87. The molecule has 2 nitrogen and oxygen atoms in total. The average molecular weight is 315 g/mol. The lowest BCUT2D eigenvalue weighted by Crippen LogP contribution is -2.40.